The Hall–Kier alpha value is -0.296. The summed E-state index contributed by atoms with van der Waals surface area (Å²) >= 11 is 0. The molecule has 6 heteroatoms. The molecule has 0 fully saturated rings. The van der Waals surface area contributed by atoms with Gasteiger partial charge in [0.25, 0.3) is 0 Å². The lowest BCUT2D eigenvalue weighted by Gasteiger charge is -2.28. The molecule has 0 heterocycles. The highest BCUT2D eigenvalue weighted by Gasteiger charge is 2.22. The predicted octanol–water partition coefficient (Wildman–Crippen LogP) is 3.11. The molecule has 12 heavy (non-hydrogen) atoms. The van der Waals surface area contributed by atoms with E-state index in [2.05, 4.69) is 43.9 Å². The predicted molar refractivity (Wildman–Crippen MR) is 59.9 cm³/mol. The first-order chi connectivity index (χ1) is 5.12. The highest BCUT2D eigenvalue weighted by molar-refractivity contribution is 6.90. The maximum absolute atomic E-state index is 6.75. The van der Waals surface area contributed by atoms with Crippen molar-refractivity contribution in [3.63, 3.8) is 0 Å². The lowest BCUT2D eigenvalue weighted by Crippen LogP contribution is -2.55. The molecule has 0 saturated carbocycles. The van der Waals surface area contributed by atoms with Crippen LogP contribution in [0.2, 0.25) is 39.3 Å². The lowest BCUT2D eigenvalue weighted by atomic mass is 11.8. The van der Waals surface area contributed by atoms with Crippen molar-refractivity contribution in [2.45, 2.75) is 39.3 Å². The van der Waals surface area contributed by atoms with Crippen LogP contribution in [-0.4, -0.2) is 16.5 Å². The molecule has 0 aromatic heterocycles. The maximum atomic E-state index is 6.75. The van der Waals surface area contributed by atoms with Gasteiger partial charge in [-0.25, -0.2) is 0 Å². The van der Waals surface area contributed by atoms with Crippen LogP contribution in [0.4, 0.5) is 0 Å². The molecule has 0 unspecified atom stereocenters. The largest absolute Gasteiger partial charge is 0.373 e. The maximum Gasteiger partial charge on any atom is 0.109 e. The van der Waals surface area contributed by atoms with Crippen molar-refractivity contribution in [2.24, 2.45) is 0 Å². The molecule has 0 aliphatic carbocycles. The summed E-state index contributed by atoms with van der Waals surface area (Å²) in [6.45, 7) is 14.1. The van der Waals surface area contributed by atoms with Gasteiger partial charge in [0, 0.05) is 0 Å². The monoisotopic (exact) mass is 203 g/mol. The second-order valence-corrected chi connectivity index (χ2v) is 14.7. The van der Waals surface area contributed by atoms with Crippen molar-refractivity contribution in [1.29, 1.82) is 0 Å². The van der Waals surface area contributed by atoms with E-state index < -0.39 is 16.5 Å². The molecular weight excluding hydrogens is 184 g/mol. The Bertz CT molecular complexity index is 138. The highest BCUT2D eigenvalue weighted by Crippen LogP contribution is 2.02. The summed E-state index contributed by atoms with van der Waals surface area (Å²) in [5.41, 5.74) is 13.5. The zero-order valence-corrected chi connectivity index (χ0v) is 10.8. The first kappa shape index (κ1) is 14.2. The SMILES string of the molecule is C[Si](C)(C)N[Si](C)(C)C.[N-]=[N+]=[N-]. The van der Waals surface area contributed by atoms with Crippen LogP contribution in [0.1, 0.15) is 0 Å². The average molecular weight is 203 g/mol. The molecule has 0 aromatic carbocycles. The van der Waals surface area contributed by atoms with Gasteiger partial charge in [-0.15, -0.1) is 0 Å². The molecule has 0 bridgehead atoms. The lowest BCUT2D eigenvalue weighted by molar-refractivity contribution is 1.30. The van der Waals surface area contributed by atoms with Gasteiger partial charge in [0.05, 0.1) is 0 Å². The standard InChI is InChI=1S/C6H19NSi2.N3/c1-8(2,3)7-9(4,5)6;1-3-2/h7H,1-6H3;/q;-1. The summed E-state index contributed by atoms with van der Waals surface area (Å²) in [6, 6.07) is 0. The molecule has 1 N–H and O–H groups in total. The van der Waals surface area contributed by atoms with E-state index >= 15 is 0 Å². The summed E-state index contributed by atoms with van der Waals surface area (Å²) in [4.78, 5) is 1.50. The van der Waals surface area contributed by atoms with Gasteiger partial charge in [0.1, 0.15) is 16.5 Å². The Morgan fingerprint density at radius 2 is 1.00 bits per heavy atom. The van der Waals surface area contributed by atoms with Crippen molar-refractivity contribution in [2.75, 3.05) is 0 Å². The van der Waals surface area contributed by atoms with E-state index in [1.807, 2.05) is 0 Å². The van der Waals surface area contributed by atoms with Gasteiger partial charge in [0.15, 0.2) is 0 Å². The molecule has 0 spiro atoms. The number of hydrogen-bond donors (Lipinski definition) is 1. The molecule has 0 aromatic rings. The van der Waals surface area contributed by atoms with Crippen LogP contribution in [0.5, 0.6) is 0 Å². The van der Waals surface area contributed by atoms with E-state index in [1.165, 1.54) is 4.91 Å². The Kier molecular flexibility index (Phi) is 6.37. The second kappa shape index (κ2) is 5.37. The van der Waals surface area contributed by atoms with E-state index in [1.54, 1.807) is 0 Å². The average Bonchev–Trinajstić information content (AvgIpc) is 1.53. The molecule has 0 atom stereocenters. The van der Waals surface area contributed by atoms with Crippen molar-refractivity contribution in [3.8, 4) is 0 Å². The summed E-state index contributed by atoms with van der Waals surface area (Å²) in [5, 5.41) is 0. The highest BCUT2D eigenvalue weighted by atomic mass is 28.4. The minimum atomic E-state index is -0.981. The summed E-state index contributed by atoms with van der Waals surface area (Å²) in [7, 11) is -1.96. The van der Waals surface area contributed by atoms with Crippen molar-refractivity contribution in [3.05, 3.63) is 16.0 Å². The van der Waals surface area contributed by atoms with Gasteiger partial charge in [-0.2, -0.15) is 0 Å². The molecule has 4 nitrogen and oxygen atoms in total. The molecule has 0 rings (SSSR count). The van der Waals surface area contributed by atoms with Crippen LogP contribution in [-0.2, 0) is 0 Å². The van der Waals surface area contributed by atoms with E-state index in [4.69, 9.17) is 11.1 Å². The van der Waals surface area contributed by atoms with Gasteiger partial charge < -0.3 is 15.7 Å². The molecule has 72 valence electrons. The second-order valence-electron chi connectivity index (χ2n) is 4.71. The van der Waals surface area contributed by atoms with Gasteiger partial charge >= 0.3 is 0 Å². The number of nitrogens with zero attached hydrogens (tertiary/aromatic N) is 3. The first-order valence-electron chi connectivity index (χ1n) is 3.90. The fraction of sp³-hybridized carbons (Fsp3) is 1.00. The van der Waals surface area contributed by atoms with Crippen LogP contribution >= 0.6 is 0 Å². The summed E-state index contributed by atoms with van der Waals surface area (Å²) in [5.74, 6) is 0. The van der Waals surface area contributed by atoms with Gasteiger partial charge in [-0.05, 0) is 0 Å². The van der Waals surface area contributed by atoms with E-state index in [0.29, 0.717) is 0 Å². The molecule has 0 aliphatic heterocycles. The van der Waals surface area contributed by atoms with Crippen LogP contribution < -0.4 is 4.65 Å². The number of hydrogen-bond acceptors (Lipinski definition) is 1. The topological polar surface area (TPSA) is 70.7 Å². The number of rotatable bonds is 2. The Labute approximate surface area is 77.0 Å². The Morgan fingerprint density at radius 3 is 1.00 bits per heavy atom. The molecule has 0 saturated heterocycles. The summed E-state index contributed by atoms with van der Waals surface area (Å²) < 4.78 is 3.74. The first-order valence-corrected chi connectivity index (χ1v) is 10.9. The minimum absolute atomic E-state index is 0.981. The van der Waals surface area contributed by atoms with Crippen molar-refractivity contribution in [1.82, 2.24) is 4.65 Å². The third-order valence-corrected chi connectivity index (χ3v) is 6.75. The van der Waals surface area contributed by atoms with Crippen LogP contribution in [0, 0.1) is 0 Å². The molecule has 0 radical (unpaired) electrons. The van der Waals surface area contributed by atoms with Crippen LogP contribution in [0.15, 0.2) is 0 Å². The number of nitrogens with one attached hydrogen (secondary N) is 1. The third-order valence-electron chi connectivity index (χ3n) is 0.750. The normalized spacial score (nSPS) is 11.2. The van der Waals surface area contributed by atoms with Crippen molar-refractivity contribution < 1.29 is 0 Å². The van der Waals surface area contributed by atoms with Crippen LogP contribution in [0.25, 0.3) is 16.0 Å². The molecular formula is C6H19N4Si2-. The Morgan fingerprint density at radius 1 is 0.833 bits per heavy atom. The summed E-state index contributed by atoms with van der Waals surface area (Å²) in [6.07, 6.45) is 0. The molecule has 0 amide bonds. The van der Waals surface area contributed by atoms with Gasteiger partial charge in [-0.3, -0.25) is 4.91 Å². The van der Waals surface area contributed by atoms with E-state index in [9.17, 15) is 0 Å². The zero-order valence-electron chi connectivity index (χ0n) is 8.84. The van der Waals surface area contributed by atoms with Gasteiger partial charge in [-0.1, -0.05) is 39.3 Å². The Balaban J connectivity index is 0. The van der Waals surface area contributed by atoms with Crippen LogP contribution in [0.3, 0.4) is 0 Å². The fourth-order valence-corrected chi connectivity index (χ4v) is 10.1. The smallest absolute Gasteiger partial charge is 0.109 e. The third kappa shape index (κ3) is 22.6. The molecule has 0 aliphatic rings. The van der Waals surface area contributed by atoms with E-state index in [-0.39, 0.29) is 0 Å². The van der Waals surface area contributed by atoms with Crippen molar-refractivity contribution >= 4 is 16.5 Å². The minimum Gasteiger partial charge on any atom is -0.373 e. The zero-order chi connectivity index (χ0) is 10.4. The fourth-order valence-electron chi connectivity index (χ4n) is 1.12. The van der Waals surface area contributed by atoms with Gasteiger partial charge in [0.2, 0.25) is 0 Å². The quantitative estimate of drug-likeness (QED) is 0.318. The van der Waals surface area contributed by atoms with E-state index in [0.717, 1.165) is 0 Å².